The van der Waals surface area contributed by atoms with Crippen molar-refractivity contribution in [2.45, 2.75) is 11.4 Å². The number of sulfonamides is 1. The van der Waals surface area contributed by atoms with Crippen LogP contribution in [0.3, 0.4) is 0 Å². The highest BCUT2D eigenvalue weighted by atomic mass is 35.5. The molecule has 0 spiro atoms. The number of hydrogen-bond donors (Lipinski definition) is 3. The molecule has 3 aromatic rings. The van der Waals surface area contributed by atoms with Crippen molar-refractivity contribution in [2.75, 3.05) is 4.72 Å². The van der Waals surface area contributed by atoms with Crippen LogP contribution >= 0.6 is 11.6 Å². The second-order valence-corrected chi connectivity index (χ2v) is 8.08. The molecule has 3 rings (SSSR count). The van der Waals surface area contributed by atoms with E-state index in [1.807, 2.05) is 0 Å². The van der Waals surface area contributed by atoms with Gasteiger partial charge in [0.05, 0.1) is 10.5 Å². The molecule has 3 N–H and O–H groups in total. The molecule has 3 aromatic carbocycles. The van der Waals surface area contributed by atoms with Crippen LogP contribution in [0, 0.1) is 0 Å². The molecule has 8 heteroatoms. The molecule has 28 heavy (non-hydrogen) atoms. The van der Waals surface area contributed by atoms with Crippen LogP contribution < -0.4 is 10.0 Å². The summed E-state index contributed by atoms with van der Waals surface area (Å²) < 4.78 is 27.3. The van der Waals surface area contributed by atoms with Crippen LogP contribution in [0.15, 0.2) is 77.7 Å². The Morgan fingerprint density at radius 1 is 0.964 bits per heavy atom. The van der Waals surface area contributed by atoms with E-state index in [0.29, 0.717) is 16.3 Å². The van der Waals surface area contributed by atoms with E-state index in [-0.39, 0.29) is 22.8 Å². The molecule has 0 saturated carbocycles. The van der Waals surface area contributed by atoms with E-state index < -0.39 is 15.9 Å². The van der Waals surface area contributed by atoms with Gasteiger partial charge in [-0.3, -0.25) is 9.52 Å². The van der Waals surface area contributed by atoms with Crippen LogP contribution in [0.4, 0.5) is 5.69 Å². The summed E-state index contributed by atoms with van der Waals surface area (Å²) >= 11 is 5.84. The SMILES string of the molecule is O=C(NCc1ccc(S(=O)(=O)Nc2ccccc2)cc1)c1cc(Cl)ccc1O. The summed E-state index contributed by atoms with van der Waals surface area (Å²) in [6.45, 7) is 0.164. The molecule has 0 radical (unpaired) electrons. The monoisotopic (exact) mass is 416 g/mol. The minimum Gasteiger partial charge on any atom is -0.507 e. The number of amides is 1. The third-order valence-electron chi connectivity index (χ3n) is 3.92. The summed E-state index contributed by atoms with van der Waals surface area (Å²) in [5, 5.41) is 12.8. The van der Waals surface area contributed by atoms with E-state index >= 15 is 0 Å². The number of nitrogens with one attached hydrogen (secondary N) is 2. The zero-order valence-corrected chi connectivity index (χ0v) is 16.2. The molecule has 0 heterocycles. The zero-order chi connectivity index (χ0) is 20.1. The minimum absolute atomic E-state index is 0.0683. The van der Waals surface area contributed by atoms with Crippen molar-refractivity contribution >= 4 is 33.2 Å². The Balaban J connectivity index is 1.66. The van der Waals surface area contributed by atoms with Gasteiger partial charge in [0.2, 0.25) is 0 Å². The molecule has 0 unspecified atom stereocenters. The number of carbonyl (C=O) groups is 1. The molecular formula is C20H17ClN2O4S. The summed E-state index contributed by atoms with van der Waals surface area (Å²) in [6, 6.07) is 18.9. The van der Waals surface area contributed by atoms with Crippen molar-refractivity contribution < 1.29 is 18.3 Å². The summed E-state index contributed by atoms with van der Waals surface area (Å²) in [7, 11) is -3.70. The molecule has 0 bridgehead atoms. The largest absolute Gasteiger partial charge is 0.507 e. The number of anilines is 1. The fourth-order valence-corrected chi connectivity index (χ4v) is 3.71. The number of benzene rings is 3. The molecule has 0 fully saturated rings. The van der Waals surface area contributed by atoms with E-state index in [9.17, 15) is 18.3 Å². The van der Waals surface area contributed by atoms with E-state index in [4.69, 9.17) is 11.6 Å². The van der Waals surface area contributed by atoms with E-state index in [1.54, 1.807) is 42.5 Å². The van der Waals surface area contributed by atoms with Crippen LogP contribution in [-0.2, 0) is 16.6 Å². The van der Waals surface area contributed by atoms with Gasteiger partial charge < -0.3 is 10.4 Å². The fourth-order valence-electron chi connectivity index (χ4n) is 2.47. The highest BCUT2D eigenvalue weighted by Gasteiger charge is 2.15. The first kappa shape index (κ1) is 19.7. The van der Waals surface area contributed by atoms with Crippen LogP contribution in [0.1, 0.15) is 15.9 Å². The number of phenols is 1. The molecule has 6 nitrogen and oxygen atoms in total. The maximum Gasteiger partial charge on any atom is 0.261 e. The molecule has 144 valence electrons. The molecule has 0 aromatic heterocycles. The average molecular weight is 417 g/mol. The third-order valence-corrected chi connectivity index (χ3v) is 5.55. The number of hydrogen-bond acceptors (Lipinski definition) is 4. The van der Waals surface area contributed by atoms with Gasteiger partial charge in [-0.15, -0.1) is 0 Å². The number of halogens is 1. The number of aromatic hydroxyl groups is 1. The number of phenolic OH excluding ortho intramolecular Hbond substituents is 1. The van der Waals surface area contributed by atoms with Crippen molar-refractivity contribution in [3.63, 3.8) is 0 Å². The Bertz CT molecular complexity index is 1080. The molecule has 1 amide bonds. The maximum atomic E-state index is 12.4. The smallest absolute Gasteiger partial charge is 0.261 e. The molecule has 0 saturated heterocycles. The van der Waals surface area contributed by atoms with Gasteiger partial charge >= 0.3 is 0 Å². The van der Waals surface area contributed by atoms with Gasteiger partial charge in [0.1, 0.15) is 5.75 Å². The number of carbonyl (C=O) groups excluding carboxylic acids is 1. The molecule has 0 atom stereocenters. The maximum absolute atomic E-state index is 12.4. The van der Waals surface area contributed by atoms with Gasteiger partial charge in [-0.2, -0.15) is 0 Å². The van der Waals surface area contributed by atoms with Crippen molar-refractivity contribution in [3.8, 4) is 5.75 Å². The average Bonchev–Trinajstić information content (AvgIpc) is 2.69. The standard InChI is InChI=1S/C20H17ClN2O4S/c21-15-8-11-19(24)18(12-15)20(25)22-13-14-6-9-17(10-7-14)28(26,27)23-16-4-2-1-3-5-16/h1-12,23-24H,13H2,(H,22,25). The summed E-state index contributed by atoms with van der Waals surface area (Å²) in [6.07, 6.45) is 0. The van der Waals surface area contributed by atoms with Gasteiger partial charge in [0.25, 0.3) is 15.9 Å². The molecular weight excluding hydrogens is 400 g/mol. The zero-order valence-electron chi connectivity index (χ0n) is 14.6. The second kappa shape index (κ2) is 8.33. The fraction of sp³-hybridized carbons (Fsp3) is 0.0500. The normalized spacial score (nSPS) is 11.0. The molecule has 0 aliphatic rings. The predicted molar refractivity (Wildman–Crippen MR) is 108 cm³/mol. The number of para-hydroxylation sites is 1. The van der Waals surface area contributed by atoms with E-state index in [0.717, 1.165) is 0 Å². The van der Waals surface area contributed by atoms with Crippen molar-refractivity contribution in [3.05, 3.63) is 88.9 Å². The lowest BCUT2D eigenvalue weighted by Gasteiger charge is -2.10. The second-order valence-electron chi connectivity index (χ2n) is 5.96. The van der Waals surface area contributed by atoms with E-state index in [2.05, 4.69) is 10.0 Å². The summed E-state index contributed by atoms with van der Waals surface area (Å²) in [5.74, 6) is -0.655. The highest BCUT2D eigenvalue weighted by Crippen LogP contribution is 2.21. The molecule has 0 aliphatic heterocycles. The lowest BCUT2D eigenvalue weighted by molar-refractivity contribution is 0.0948. The molecule has 0 aliphatic carbocycles. The topological polar surface area (TPSA) is 95.5 Å². The minimum atomic E-state index is -3.70. The van der Waals surface area contributed by atoms with E-state index in [1.165, 1.54) is 30.3 Å². The Hall–Kier alpha value is -3.03. The van der Waals surface area contributed by atoms with Gasteiger partial charge in [0.15, 0.2) is 0 Å². The van der Waals surface area contributed by atoms with Gasteiger partial charge in [-0.05, 0) is 48.0 Å². The van der Waals surface area contributed by atoms with Gasteiger partial charge in [-0.1, -0.05) is 41.9 Å². The van der Waals surface area contributed by atoms with Crippen molar-refractivity contribution in [1.29, 1.82) is 0 Å². The lowest BCUT2D eigenvalue weighted by atomic mass is 10.1. The Morgan fingerprint density at radius 2 is 1.64 bits per heavy atom. The first-order valence-corrected chi connectivity index (χ1v) is 10.1. The van der Waals surface area contributed by atoms with Gasteiger partial charge in [0, 0.05) is 17.3 Å². The van der Waals surface area contributed by atoms with Crippen LogP contribution in [0.5, 0.6) is 5.75 Å². The van der Waals surface area contributed by atoms with Crippen LogP contribution in [-0.4, -0.2) is 19.4 Å². The van der Waals surface area contributed by atoms with Crippen LogP contribution in [0.25, 0.3) is 0 Å². The van der Waals surface area contributed by atoms with Gasteiger partial charge in [-0.25, -0.2) is 8.42 Å². The summed E-state index contributed by atoms with van der Waals surface area (Å²) in [4.78, 5) is 12.3. The quantitative estimate of drug-likeness (QED) is 0.569. The van der Waals surface area contributed by atoms with Crippen molar-refractivity contribution in [1.82, 2.24) is 5.32 Å². The Labute approximate surface area is 167 Å². The first-order valence-electron chi connectivity index (χ1n) is 8.29. The highest BCUT2D eigenvalue weighted by molar-refractivity contribution is 7.92. The number of rotatable bonds is 6. The predicted octanol–water partition coefficient (Wildman–Crippen LogP) is 3.78. The third kappa shape index (κ3) is 4.82. The Morgan fingerprint density at radius 3 is 2.32 bits per heavy atom. The van der Waals surface area contributed by atoms with Crippen LogP contribution in [0.2, 0.25) is 5.02 Å². The summed E-state index contributed by atoms with van der Waals surface area (Å²) in [5.41, 5.74) is 1.24. The Kier molecular flexibility index (Phi) is 5.87. The van der Waals surface area contributed by atoms with Crippen molar-refractivity contribution in [2.24, 2.45) is 0 Å². The lowest BCUT2D eigenvalue weighted by Crippen LogP contribution is -2.23. The first-order chi connectivity index (χ1) is 13.3.